The maximum atomic E-state index is 3.75. The second-order valence-corrected chi connectivity index (χ2v) is 2.31. The van der Waals surface area contributed by atoms with Crippen molar-refractivity contribution in [2.24, 2.45) is 0 Å². The van der Waals surface area contributed by atoms with Gasteiger partial charge >= 0.3 is 0 Å². The largest absolute Gasteiger partial charge is 0.158 e. The van der Waals surface area contributed by atoms with E-state index in [1.54, 1.807) is 0 Å². The Morgan fingerprint density at radius 3 is 3.33 bits per heavy atom. The molecule has 0 amide bonds. The lowest BCUT2D eigenvalue weighted by Gasteiger charge is -1.90. The maximum Gasteiger partial charge on any atom is 0.117 e. The van der Waals surface area contributed by atoms with Gasteiger partial charge in [0.2, 0.25) is 0 Å². The lowest BCUT2D eigenvalue weighted by Crippen LogP contribution is -1.86. The average molecular weight is 119 g/mol. The highest BCUT2D eigenvalue weighted by molar-refractivity contribution is 5.24. The molecule has 45 valence electrons. The summed E-state index contributed by atoms with van der Waals surface area (Å²) in [6.45, 7) is 0. The normalized spacial score (nSPS) is 15.6. The minimum absolute atomic E-state index is 1.14. The van der Waals surface area contributed by atoms with Crippen molar-refractivity contribution in [1.82, 2.24) is 10.2 Å². The Bertz CT molecular complexity index is 197. The highest BCUT2D eigenvalue weighted by Gasteiger charge is 2.09. The first kappa shape index (κ1) is 4.91. The van der Waals surface area contributed by atoms with Gasteiger partial charge in [0.25, 0.3) is 0 Å². The van der Waals surface area contributed by atoms with Gasteiger partial charge in [-0.3, -0.25) is 0 Å². The van der Waals surface area contributed by atoms with Crippen LogP contribution in [-0.2, 0) is 12.8 Å². The van der Waals surface area contributed by atoms with E-state index in [9.17, 15) is 0 Å². The van der Waals surface area contributed by atoms with Crippen LogP contribution in [0.15, 0.2) is 6.20 Å². The fourth-order valence-corrected chi connectivity index (χ4v) is 1.23. The van der Waals surface area contributed by atoms with Crippen LogP contribution in [0.1, 0.15) is 17.5 Å². The summed E-state index contributed by atoms with van der Waals surface area (Å²) >= 11 is 0. The molecular formula is C7H7N2. The summed E-state index contributed by atoms with van der Waals surface area (Å²) in [5.41, 5.74) is 2.61. The molecule has 0 N–H and O–H groups in total. The predicted octanol–water partition coefficient (Wildman–Crippen LogP) is 0.765. The van der Waals surface area contributed by atoms with Crippen molar-refractivity contribution in [3.05, 3.63) is 23.5 Å². The summed E-state index contributed by atoms with van der Waals surface area (Å²) < 4.78 is 0. The Balaban J connectivity index is 2.54. The van der Waals surface area contributed by atoms with E-state index in [1.807, 2.05) is 6.20 Å². The molecule has 1 aliphatic rings. The lowest BCUT2D eigenvalue weighted by molar-refractivity contribution is 0.910. The van der Waals surface area contributed by atoms with Crippen LogP contribution < -0.4 is 0 Å². The molecule has 1 aromatic heterocycles. The zero-order valence-electron chi connectivity index (χ0n) is 5.09. The number of hydrogen-bond acceptors (Lipinski definition) is 2. The molecule has 2 nitrogen and oxygen atoms in total. The number of hydrogen-bond donors (Lipinski definition) is 0. The van der Waals surface area contributed by atoms with E-state index < -0.39 is 0 Å². The van der Waals surface area contributed by atoms with Crippen LogP contribution in [0.5, 0.6) is 0 Å². The van der Waals surface area contributed by atoms with Gasteiger partial charge < -0.3 is 0 Å². The predicted molar refractivity (Wildman–Crippen MR) is 32.9 cm³/mol. The topological polar surface area (TPSA) is 25.8 Å². The Kier molecular flexibility index (Phi) is 0.979. The Labute approximate surface area is 53.9 Å². The zero-order chi connectivity index (χ0) is 6.10. The molecule has 2 heteroatoms. The van der Waals surface area contributed by atoms with Crippen LogP contribution in [0.25, 0.3) is 0 Å². The molecule has 1 heterocycles. The van der Waals surface area contributed by atoms with Crippen molar-refractivity contribution in [2.75, 3.05) is 0 Å². The smallest absolute Gasteiger partial charge is 0.117 e. The fourth-order valence-electron chi connectivity index (χ4n) is 1.23. The Hall–Kier alpha value is -0.920. The fraction of sp³-hybridized carbons (Fsp3) is 0.429. The first-order valence-corrected chi connectivity index (χ1v) is 3.18. The average Bonchev–Trinajstić information content (AvgIpc) is 2.33. The highest BCUT2D eigenvalue weighted by Crippen LogP contribution is 2.17. The van der Waals surface area contributed by atoms with Gasteiger partial charge in [-0.05, 0) is 30.4 Å². The van der Waals surface area contributed by atoms with Gasteiger partial charge in [0.05, 0.1) is 6.20 Å². The Morgan fingerprint density at radius 2 is 2.44 bits per heavy atom. The molecule has 0 bridgehead atoms. The van der Waals surface area contributed by atoms with Crippen molar-refractivity contribution in [1.29, 1.82) is 0 Å². The molecule has 0 fully saturated rings. The number of fused-ring (bicyclic) bond motifs is 1. The first-order valence-electron chi connectivity index (χ1n) is 3.18. The molecule has 0 aromatic carbocycles. The molecular weight excluding hydrogens is 112 g/mol. The standard InChI is InChI=1S/C7H7N2/c1-2-6-4-8-9-5-7(6)3-1/h4H,1-3H2. The third-order valence-electron chi connectivity index (χ3n) is 1.72. The molecule has 0 saturated carbocycles. The third-order valence-corrected chi connectivity index (χ3v) is 1.72. The van der Waals surface area contributed by atoms with Gasteiger partial charge in [-0.2, -0.15) is 5.10 Å². The lowest BCUT2D eigenvalue weighted by atomic mass is 10.2. The quantitative estimate of drug-likeness (QED) is 0.504. The van der Waals surface area contributed by atoms with Gasteiger partial charge in [-0.25, -0.2) is 0 Å². The van der Waals surface area contributed by atoms with Crippen molar-refractivity contribution in [3.8, 4) is 0 Å². The molecule has 0 aliphatic heterocycles. The molecule has 9 heavy (non-hydrogen) atoms. The van der Waals surface area contributed by atoms with E-state index in [4.69, 9.17) is 0 Å². The van der Waals surface area contributed by atoms with Crippen molar-refractivity contribution in [2.45, 2.75) is 19.3 Å². The van der Waals surface area contributed by atoms with Crippen LogP contribution in [-0.4, -0.2) is 10.2 Å². The van der Waals surface area contributed by atoms with E-state index in [2.05, 4.69) is 16.4 Å². The summed E-state index contributed by atoms with van der Waals surface area (Å²) in [6.07, 6.45) is 8.29. The minimum Gasteiger partial charge on any atom is -0.158 e. The SMILES string of the molecule is [c]1nncc2c1CCC2. The molecule has 0 unspecified atom stereocenters. The van der Waals surface area contributed by atoms with E-state index in [1.165, 1.54) is 24.0 Å². The summed E-state index contributed by atoms with van der Waals surface area (Å²) in [4.78, 5) is 0. The van der Waals surface area contributed by atoms with Crippen LogP contribution in [0.3, 0.4) is 0 Å². The maximum absolute atomic E-state index is 3.75. The van der Waals surface area contributed by atoms with Gasteiger partial charge in [0.1, 0.15) is 6.20 Å². The molecule has 1 radical (unpaired) electrons. The summed E-state index contributed by atoms with van der Waals surface area (Å²) in [5, 5.41) is 7.43. The molecule has 1 aromatic rings. The summed E-state index contributed by atoms with van der Waals surface area (Å²) in [7, 11) is 0. The minimum atomic E-state index is 1.14. The highest BCUT2D eigenvalue weighted by atomic mass is 15.1. The molecule has 0 spiro atoms. The number of rotatable bonds is 0. The number of nitrogens with zero attached hydrogens (tertiary/aromatic N) is 2. The summed E-state index contributed by atoms with van der Waals surface area (Å²) in [5.74, 6) is 0. The van der Waals surface area contributed by atoms with Gasteiger partial charge in [0.15, 0.2) is 0 Å². The van der Waals surface area contributed by atoms with Crippen LogP contribution in [0, 0.1) is 6.20 Å². The van der Waals surface area contributed by atoms with Crippen molar-refractivity contribution >= 4 is 0 Å². The second kappa shape index (κ2) is 1.79. The number of aromatic nitrogens is 2. The van der Waals surface area contributed by atoms with Gasteiger partial charge in [-0.15, -0.1) is 5.10 Å². The molecule has 0 atom stereocenters. The third kappa shape index (κ3) is 0.707. The van der Waals surface area contributed by atoms with Crippen LogP contribution in [0.2, 0.25) is 0 Å². The van der Waals surface area contributed by atoms with E-state index in [0.717, 1.165) is 6.42 Å². The Morgan fingerprint density at radius 1 is 1.44 bits per heavy atom. The first-order chi connectivity index (χ1) is 4.47. The molecule has 2 rings (SSSR count). The van der Waals surface area contributed by atoms with Gasteiger partial charge in [-0.1, -0.05) is 0 Å². The van der Waals surface area contributed by atoms with Crippen molar-refractivity contribution < 1.29 is 0 Å². The zero-order valence-corrected chi connectivity index (χ0v) is 5.09. The van der Waals surface area contributed by atoms with Crippen LogP contribution >= 0.6 is 0 Å². The van der Waals surface area contributed by atoms with E-state index in [0.29, 0.717) is 0 Å². The van der Waals surface area contributed by atoms with Crippen molar-refractivity contribution in [3.63, 3.8) is 0 Å². The second-order valence-electron chi connectivity index (χ2n) is 2.31. The molecule has 1 aliphatic carbocycles. The number of aryl methyl sites for hydroxylation is 2. The van der Waals surface area contributed by atoms with Gasteiger partial charge in [0, 0.05) is 0 Å². The van der Waals surface area contributed by atoms with E-state index in [-0.39, 0.29) is 0 Å². The van der Waals surface area contributed by atoms with E-state index >= 15 is 0 Å². The monoisotopic (exact) mass is 119 g/mol. The summed E-state index contributed by atoms with van der Waals surface area (Å²) in [6, 6.07) is 0. The molecule has 0 saturated heterocycles. The van der Waals surface area contributed by atoms with Crippen LogP contribution in [0.4, 0.5) is 0 Å².